The smallest absolute Gasteiger partial charge is 0.218 e. The van der Waals surface area contributed by atoms with Gasteiger partial charge in [-0.25, -0.2) is 4.99 Å². The van der Waals surface area contributed by atoms with Gasteiger partial charge in [0, 0.05) is 0 Å². The summed E-state index contributed by atoms with van der Waals surface area (Å²) in [6.07, 6.45) is 0. The second kappa shape index (κ2) is 10.3. The Balaban J connectivity index is 1.54. The Morgan fingerprint density at radius 3 is 1.89 bits per heavy atom. The first-order valence-electron chi connectivity index (χ1n) is 11.8. The predicted molar refractivity (Wildman–Crippen MR) is 140 cm³/mol. The summed E-state index contributed by atoms with van der Waals surface area (Å²) in [6.45, 7) is 4.92. The molecule has 1 aliphatic rings. The largest absolute Gasteiger partial charge is 0.475 e. The monoisotopic (exact) mass is 464 g/mol. The molecule has 1 N–H and O–H groups in total. The Hall–Kier alpha value is -4.25. The van der Waals surface area contributed by atoms with Gasteiger partial charge in [0.25, 0.3) is 0 Å². The molecule has 5 heteroatoms. The number of para-hydroxylation sites is 4. The van der Waals surface area contributed by atoms with Gasteiger partial charge in [-0.15, -0.1) is 0 Å². The highest BCUT2D eigenvalue weighted by atomic mass is 16.5. The van der Waals surface area contributed by atoms with E-state index in [1.165, 1.54) is 0 Å². The van der Waals surface area contributed by atoms with E-state index in [-0.39, 0.29) is 6.04 Å². The van der Waals surface area contributed by atoms with Crippen LogP contribution in [0.5, 0.6) is 23.0 Å². The number of ether oxygens (including phenoxy) is 3. The number of nitrogens with one attached hydrogen (secondary N) is 1. The Morgan fingerprint density at radius 2 is 1.31 bits per heavy atom. The van der Waals surface area contributed by atoms with Crippen LogP contribution in [-0.4, -0.2) is 18.5 Å². The van der Waals surface area contributed by atoms with Crippen molar-refractivity contribution in [1.82, 2.24) is 0 Å². The van der Waals surface area contributed by atoms with Gasteiger partial charge in [0.1, 0.15) is 23.8 Å². The molecule has 176 valence electrons. The summed E-state index contributed by atoms with van der Waals surface area (Å²) in [6, 6.07) is 33.3. The number of hydrogen-bond donors (Lipinski definition) is 1. The molecule has 5 rings (SSSR count). The zero-order chi connectivity index (χ0) is 24.0. The third kappa shape index (κ3) is 5.30. The molecule has 5 nitrogen and oxygen atoms in total. The van der Waals surface area contributed by atoms with E-state index in [1.807, 2.05) is 103 Å². The molecule has 1 atom stereocenters. The van der Waals surface area contributed by atoms with Gasteiger partial charge in [-0.2, -0.15) is 0 Å². The highest BCUT2D eigenvalue weighted by molar-refractivity contribution is 6.01. The van der Waals surface area contributed by atoms with Crippen LogP contribution in [0.25, 0.3) is 0 Å². The second-order valence-electron chi connectivity index (χ2n) is 8.69. The van der Waals surface area contributed by atoms with Crippen LogP contribution >= 0.6 is 0 Å². The Bertz CT molecular complexity index is 1240. The topological polar surface area (TPSA) is 52.1 Å². The minimum absolute atomic E-state index is 0.156. The fourth-order valence-corrected chi connectivity index (χ4v) is 3.83. The number of benzene rings is 4. The van der Waals surface area contributed by atoms with Crippen LogP contribution in [0.15, 0.2) is 108 Å². The van der Waals surface area contributed by atoms with Crippen molar-refractivity contribution in [2.75, 3.05) is 11.9 Å². The molecule has 0 unspecified atom stereocenters. The van der Waals surface area contributed by atoms with Crippen LogP contribution in [-0.2, 0) is 4.74 Å². The first-order valence-corrected chi connectivity index (χ1v) is 11.8. The lowest BCUT2D eigenvalue weighted by atomic mass is 10.1. The predicted octanol–water partition coefficient (Wildman–Crippen LogP) is 7.82. The molecule has 0 bridgehead atoms. The molecule has 0 fully saturated rings. The summed E-state index contributed by atoms with van der Waals surface area (Å²) < 4.78 is 18.5. The van der Waals surface area contributed by atoms with Crippen molar-refractivity contribution in [2.45, 2.75) is 19.9 Å². The van der Waals surface area contributed by atoms with Crippen molar-refractivity contribution in [2.24, 2.45) is 10.9 Å². The first-order chi connectivity index (χ1) is 17.2. The lowest BCUT2D eigenvalue weighted by Crippen LogP contribution is -2.13. The highest BCUT2D eigenvalue weighted by Crippen LogP contribution is 2.42. The lowest BCUT2D eigenvalue weighted by Gasteiger charge is -2.19. The van der Waals surface area contributed by atoms with Gasteiger partial charge in [0.2, 0.25) is 5.90 Å². The molecular formula is C30H28N2O3. The Kier molecular flexibility index (Phi) is 6.66. The van der Waals surface area contributed by atoms with Crippen molar-refractivity contribution in [3.05, 3.63) is 109 Å². The maximum Gasteiger partial charge on any atom is 0.218 e. The summed E-state index contributed by atoms with van der Waals surface area (Å²) in [5.41, 5.74) is 2.47. The summed E-state index contributed by atoms with van der Waals surface area (Å²) in [4.78, 5) is 4.83. The molecule has 0 aromatic heterocycles. The number of anilines is 2. The molecule has 0 radical (unpaired) electrons. The minimum atomic E-state index is 0.156. The molecule has 0 saturated heterocycles. The number of rotatable bonds is 8. The Labute approximate surface area is 206 Å². The van der Waals surface area contributed by atoms with E-state index in [0.717, 1.165) is 22.7 Å². The molecule has 1 aliphatic heterocycles. The molecule has 0 saturated carbocycles. The molecule has 4 aromatic rings. The van der Waals surface area contributed by atoms with Crippen LogP contribution < -0.4 is 14.8 Å². The van der Waals surface area contributed by atoms with Gasteiger partial charge < -0.3 is 19.5 Å². The van der Waals surface area contributed by atoms with Crippen LogP contribution in [0, 0.1) is 5.92 Å². The summed E-state index contributed by atoms with van der Waals surface area (Å²) in [5, 5.41) is 3.56. The third-order valence-electron chi connectivity index (χ3n) is 5.79. The van der Waals surface area contributed by atoms with E-state index in [0.29, 0.717) is 35.6 Å². The summed E-state index contributed by atoms with van der Waals surface area (Å²) in [5.74, 6) is 3.84. The first kappa shape index (κ1) is 22.5. The Morgan fingerprint density at radius 1 is 0.743 bits per heavy atom. The van der Waals surface area contributed by atoms with Gasteiger partial charge in [0.15, 0.2) is 11.5 Å². The van der Waals surface area contributed by atoms with Gasteiger partial charge >= 0.3 is 0 Å². The zero-order valence-corrected chi connectivity index (χ0v) is 19.8. The molecular weight excluding hydrogens is 436 g/mol. The van der Waals surface area contributed by atoms with E-state index >= 15 is 0 Å². The van der Waals surface area contributed by atoms with E-state index in [9.17, 15) is 0 Å². The molecule has 4 aromatic carbocycles. The van der Waals surface area contributed by atoms with E-state index in [1.54, 1.807) is 0 Å². The van der Waals surface area contributed by atoms with Crippen LogP contribution in [0.3, 0.4) is 0 Å². The van der Waals surface area contributed by atoms with Gasteiger partial charge in [-0.3, -0.25) is 0 Å². The van der Waals surface area contributed by atoms with E-state index in [2.05, 4.69) is 19.2 Å². The number of hydrogen-bond acceptors (Lipinski definition) is 5. The fraction of sp³-hybridized carbons (Fsp3) is 0.167. The molecule has 0 spiro atoms. The molecule has 35 heavy (non-hydrogen) atoms. The van der Waals surface area contributed by atoms with Gasteiger partial charge in [0.05, 0.1) is 17.3 Å². The molecule has 0 aliphatic carbocycles. The van der Waals surface area contributed by atoms with Gasteiger partial charge in [-0.05, 0) is 54.4 Å². The van der Waals surface area contributed by atoms with Gasteiger partial charge in [-0.1, -0.05) is 68.4 Å². The lowest BCUT2D eigenvalue weighted by molar-refractivity contribution is 0.292. The SMILES string of the molecule is CC(C)[C@H]1COC(c2ccccc2Nc2c(Oc3ccccc3)cccc2Oc2ccccc2)=N1. The molecule has 0 amide bonds. The standard InChI is InChI=1S/C30H28N2O3/c1-21(2)26-20-33-30(32-26)24-16-9-10-17-25(24)31-29-27(34-22-12-5-3-6-13-22)18-11-19-28(29)35-23-14-7-4-8-15-23/h3-19,21,26,31H,20H2,1-2H3/t26-/m1/s1. The number of aliphatic imine (C=N–C) groups is 1. The zero-order valence-electron chi connectivity index (χ0n) is 19.8. The number of nitrogens with zero attached hydrogens (tertiary/aromatic N) is 1. The minimum Gasteiger partial charge on any atom is -0.475 e. The van der Waals surface area contributed by atoms with E-state index < -0.39 is 0 Å². The maximum atomic E-state index is 6.27. The second-order valence-corrected chi connectivity index (χ2v) is 8.69. The fourth-order valence-electron chi connectivity index (χ4n) is 3.83. The molecule has 1 heterocycles. The van der Waals surface area contributed by atoms with Crippen molar-refractivity contribution in [1.29, 1.82) is 0 Å². The van der Waals surface area contributed by atoms with Crippen molar-refractivity contribution in [3.8, 4) is 23.0 Å². The van der Waals surface area contributed by atoms with E-state index in [4.69, 9.17) is 19.2 Å². The van der Waals surface area contributed by atoms with Crippen LogP contribution in [0.4, 0.5) is 11.4 Å². The van der Waals surface area contributed by atoms with Crippen LogP contribution in [0.2, 0.25) is 0 Å². The quantitative estimate of drug-likeness (QED) is 0.289. The van der Waals surface area contributed by atoms with Crippen LogP contribution in [0.1, 0.15) is 19.4 Å². The van der Waals surface area contributed by atoms with Crippen molar-refractivity contribution >= 4 is 17.3 Å². The average molecular weight is 465 g/mol. The highest BCUT2D eigenvalue weighted by Gasteiger charge is 2.25. The van der Waals surface area contributed by atoms with Crippen molar-refractivity contribution in [3.63, 3.8) is 0 Å². The maximum absolute atomic E-state index is 6.27. The normalized spacial score (nSPS) is 14.8. The summed E-state index contributed by atoms with van der Waals surface area (Å²) in [7, 11) is 0. The summed E-state index contributed by atoms with van der Waals surface area (Å²) >= 11 is 0. The third-order valence-corrected chi connectivity index (χ3v) is 5.79. The van der Waals surface area contributed by atoms with Crippen molar-refractivity contribution < 1.29 is 14.2 Å². The average Bonchev–Trinajstić information content (AvgIpc) is 3.38.